The van der Waals surface area contributed by atoms with Crippen molar-refractivity contribution in [3.05, 3.63) is 71.8 Å². The van der Waals surface area contributed by atoms with Crippen molar-refractivity contribution in [2.45, 2.75) is 271 Å². The van der Waals surface area contributed by atoms with Crippen molar-refractivity contribution in [3.8, 4) is 0 Å². The summed E-state index contributed by atoms with van der Waals surface area (Å²) in [7, 11) is 0. The van der Waals surface area contributed by atoms with Crippen LogP contribution < -0.4 is 0 Å². The van der Waals surface area contributed by atoms with Crippen LogP contribution in [0.25, 0.3) is 0 Å². The van der Waals surface area contributed by atoms with E-state index in [-0.39, 0.29) is 70.2 Å². The molecule has 28 atom stereocenters. The normalized spacial score (nSPS) is 38.5. The highest BCUT2D eigenvalue weighted by Gasteiger charge is 2.68. The summed E-state index contributed by atoms with van der Waals surface area (Å²) in [6, 6.07) is 15.8. The number of fused-ring (bicyclic) bond motifs is 7. The standard InChI is InChI=1S/C75H100O27/c1-36(34-86-40(5)76)25-26-55-37(2)59-57(98-55)33-53-51-32-56(90-41(6)77)54-31-50(27-29-74(54,13)52(51)28-30-75(53,59)14)97-73-68(102-72-67(96-47(12)83)64(94-45(10)81)61(39(4)89-72)92-43(8)79)65(100-70(85)49-23-19-16-20-24-49)62(58(99-73)35-87-69(84)48-21-17-15-18-22-48)101-71-66(95-46(11)82)63(93-44(9)80)60(38(3)88-71)91-42(7)78/h15-24,36-39,50-68,71-73H,25-35H2,1-14H3/t36-,37-,38+,39+,50+,51-,52+,53+,54-,55-,56+,57+,58-,59+,60+,61+,62-,63-,64-,65+,66-,67-,68-,71+,72+,73-,74-,75+/m1/s1. The fraction of sp³-hybridized carbons (Fsp3) is 0.707. The lowest BCUT2D eigenvalue weighted by Crippen LogP contribution is -2.68. The highest BCUT2D eigenvalue weighted by Crippen LogP contribution is 2.70. The topological polar surface area (TPSA) is 328 Å². The second kappa shape index (κ2) is 32.9. The number of carbonyl (C=O) groups excluding carboxylic acids is 10. The summed E-state index contributed by atoms with van der Waals surface area (Å²) < 4.78 is 108. The second-order valence-electron chi connectivity index (χ2n) is 29.6. The first-order valence-corrected chi connectivity index (χ1v) is 35.7. The van der Waals surface area contributed by atoms with Crippen molar-refractivity contribution >= 4 is 59.7 Å². The molecular formula is C75H100O27. The van der Waals surface area contributed by atoms with E-state index in [0.29, 0.717) is 38.2 Å². The molecule has 102 heavy (non-hydrogen) atoms. The van der Waals surface area contributed by atoms with Crippen LogP contribution in [0.1, 0.15) is 175 Å². The van der Waals surface area contributed by atoms with E-state index in [1.54, 1.807) is 36.4 Å². The molecule has 0 aromatic heterocycles. The number of esters is 10. The largest absolute Gasteiger partial charge is 0.466 e. The molecule has 2 aromatic rings. The van der Waals surface area contributed by atoms with Gasteiger partial charge in [0, 0.05) is 61.3 Å². The lowest BCUT2D eigenvalue weighted by Gasteiger charge is -2.62. The third kappa shape index (κ3) is 17.5. The molecule has 4 aliphatic heterocycles. The predicted octanol–water partition coefficient (Wildman–Crippen LogP) is 8.22. The first-order valence-electron chi connectivity index (χ1n) is 35.7. The van der Waals surface area contributed by atoms with Crippen LogP contribution in [0.4, 0.5) is 0 Å². The molecule has 4 saturated heterocycles. The van der Waals surface area contributed by atoms with Crippen molar-refractivity contribution in [2.24, 2.45) is 52.3 Å². The van der Waals surface area contributed by atoms with Crippen molar-refractivity contribution in [1.29, 1.82) is 0 Å². The molecule has 0 N–H and O–H groups in total. The van der Waals surface area contributed by atoms with E-state index in [2.05, 4.69) is 27.7 Å². The minimum absolute atomic E-state index is 0.0120. The molecule has 0 radical (unpaired) electrons. The summed E-state index contributed by atoms with van der Waals surface area (Å²) in [4.78, 5) is 133. The minimum Gasteiger partial charge on any atom is -0.466 e. The van der Waals surface area contributed by atoms with Gasteiger partial charge in [0.2, 0.25) is 0 Å². The van der Waals surface area contributed by atoms with E-state index in [1.807, 2.05) is 0 Å². The zero-order valence-electron chi connectivity index (χ0n) is 60.6. The summed E-state index contributed by atoms with van der Waals surface area (Å²) in [6.07, 6.45) is -19.4. The smallest absolute Gasteiger partial charge is 0.338 e. The molecule has 27 heteroatoms. The zero-order valence-corrected chi connectivity index (χ0v) is 60.6. The SMILES string of the molecule is CC(=O)OC[C@H](C)CC[C@H]1O[C@H]2C[C@H]3[C@@H]4C[C@H](OC(C)=O)[C@H]5C[C@@H](O[C@@H]6O[C@H](COC(=O)c7ccccc7)[C@@H](O[C@@H]7O[C@@H](C)[C@H](OC(C)=O)[C@@H](OC(C)=O)[C@H]7OC(C)=O)[C@H](OC(=O)c7ccccc7)[C@H]6O[C@@H]6O[C@@H](C)[C@H](OC(C)=O)[C@@H](OC(C)=O)[C@H]6OC(C)=O)CC[C@]5(C)[C@H]4CC[C@]3(C)[C@H]2[C@@H]1C. The Morgan fingerprint density at radius 2 is 0.931 bits per heavy atom. The third-order valence-electron chi connectivity index (χ3n) is 22.4. The summed E-state index contributed by atoms with van der Waals surface area (Å²) in [5.41, 5.74) is -0.310. The van der Waals surface area contributed by atoms with Crippen LogP contribution >= 0.6 is 0 Å². The molecule has 8 fully saturated rings. The van der Waals surface area contributed by atoms with Gasteiger partial charge in [0.05, 0.1) is 48.3 Å². The van der Waals surface area contributed by atoms with Gasteiger partial charge in [-0.25, -0.2) is 9.59 Å². The maximum Gasteiger partial charge on any atom is 0.338 e. The predicted molar refractivity (Wildman–Crippen MR) is 352 cm³/mol. The zero-order chi connectivity index (χ0) is 73.8. The number of carbonyl (C=O) groups is 10. The molecule has 27 nitrogen and oxygen atoms in total. The van der Waals surface area contributed by atoms with Gasteiger partial charge >= 0.3 is 59.7 Å². The monoisotopic (exact) mass is 1430 g/mol. The second-order valence-corrected chi connectivity index (χ2v) is 29.6. The van der Waals surface area contributed by atoms with Crippen LogP contribution in [0.15, 0.2) is 60.7 Å². The average molecular weight is 1430 g/mol. The van der Waals surface area contributed by atoms with E-state index in [9.17, 15) is 43.2 Å². The third-order valence-corrected chi connectivity index (χ3v) is 22.4. The Kier molecular flexibility index (Phi) is 25.0. The van der Waals surface area contributed by atoms with Gasteiger partial charge in [0.15, 0.2) is 67.7 Å². The number of rotatable bonds is 23. The van der Waals surface area contributed by atoms with Crippen LogP contribution in [0, 0.1) is 52.3 Å². The molecule has 4 saturated carbocycles. The van der Waals surface area contributed by atoms with Gasteiger partial charge in [-0.2, -0.15) is 0 Å². The van der Waals surface area contributed by atoms with Crippen LogP contribution in [-0.2, 0) is 119 Å². The van der Waals surface area contributed by atoms with Gasteiger partial charge in [0.1, 0.15) is 24.9 Å². The summed E-state index contributed by atoms with van der Waals surface area (Å²) in [6.45, 7) is 21.2. The highest BCUT2D eigenvalue weighted by atomic mass is 16.8. The Balaban J connectivity index is 1.05. The van der Waals surface area contributed by atoms with Crippen molar-refractivity contribution < 1.29 is 128 Å². The molecule has 0 spiro atoms. The van der Waals surface area contributed by atoms with E-state index >= 15 is 4.79 Å². The molecule has 0 unspecified atom stereocenters. The molecule has 2 aromatic carbocycles. The van der Waals surface area contributed by atoms with Crippen LogP contribution in [0.2, 0.25) is 0 Å². The maximum absolute atomic E-state index is 15.1. The van der Waals surface area contributed by atoms with Gasteiger partial charge in [-0.15, -0.1) is 0 Å². The van der Waals surface area contributed by atoms with E-state index < -0.39 is 170 Å². The number of hydrogen-bond acceptors (Lipinski definition) is 27. The fourth-order valence-corrected chi connectivity index (χ4v) is 18.3. The van der Waals surface area contributed by atoms with Gasteiger partial charge in [0.25, 0.3) is 0 Å². The van der Waals surface area contributed by atoms with Gasteiger partial charge < -0.3 is 80.5 Å². The Bertz CT molecular complexity index is 3330. The molecule has 4 aliphatic carbocycles. The van der Waals surface area contributed by atoms with Crippen molar-refractivity contribution in [1.82, 2.24) is 0 Å². The van der Waals surface area contributed by atoms with Crippen LogP contribution in [0.3, 0.4) is 0 Å². The molecule has 8 aliphatic rings. The number of benzene rings is 2. The van der Waals surface area contributed by atoms with Crippen molar-refractivity contribution in [3.63, 3.8) is 0 Å². The van der Waals surface area contributed by atoms with E-state index in [1.165, 1.54) is 52.0 Å². The van der Waals surface area contributed by atoms with Crippen molar-refractivity contribution in [2.75, 3.05) is 13.2 Å². The maximum atomic E-state index is 15.1. The minimum atomic E-state index is -1.89. The Hall–Kier alpha value is -7.14. The van der Waals surface area contributed by atoms with Crippen LogP contribution in [-0.4, -0.2) is 189 Å². The lowest BCUT2D eigenvalue weighted by molar-refractivity contribution is -0.389. The molecular weight excluding hydrogens is 1330 g/mol. The Labute approximate surface area is 594 Å². The van der Waals surface area contributed by atoms with E-state index in [0.717, 1.165) is 73.6 Å². The highest BCUT2D eigenvalue weighted by molar-refractivity contribution is 5.90. The fourth-order valence-electron chi connectivity index (χ4n) is 18.3. The Morgan fingerprint density at radius 1 is 0.451 bits per heavy atom. The average Bonchev–Trinajstić information content (AvgIpc) is 1.45. The summed E-state index contributed by atoms with van der Waals surface area (Å²) >= 11 is 0. The van der Waals surface area contributed by atoms with Gasteiger partial charge in [-0.1, -0.05) is 64.1 Å². The summed E-state index contributed by atoms with van der Waals surface area (Å²) in [5.74, 6) is -6.62. The Morgan fingerprint density at radius 3 is 1.46 bits per heavy atom. The lowest BCUT2D eigenvalue weighted by atomic mass is 9.43. The summed E-state index contributed by atoms with van der Waals surface area (Å²) in [5, 5.41) is 0. The number of hydrogen-bond donors (Lipinski definition) is 0. The first-order chi connectivity index (χ1) is 48.3. The first kappa shape index (κ1) is 77.5. The molecule has 10 rings (SSSR count). The molecule has 562 valence electrons. The van der Waals surface area contributed by atoms with E-state index in [4.69, 9.17) is 80.5 Å². The molecule has 0 bridgehead atoms. The quantitative estimate of drug-likeness (QED) is 0.0574. The van der Waals surface area contributed by atoms with Crippen LogP contribution in [0.5, 0.6) is 0 Å². The van der Waals surface area contributed by atoms with Gasteiger partial charge in [-0.05, 0) is 142 Å². The number of ether oxygens (including phenoxy) is 17. The molecule has 4 heterocycles. The van der Waals surface area contributed by atoms with Gasteiger partial charge in [-0.3, -0.25) is 38.4 Å². The molecule has 0 amide bonds.